The molecule has 0 bridgehead atoms. The van der Waals surface area contributed by atoms with Crippen LogP contribution < -0.4 is 0 Å². The molecule has 1 amide bonds. The largest absolute Gasteiger partial charge is 0.337 e. The number of likely N-dealkylation sites (tertiary alicyclic amines) is 1. The average Bonchev–Trinajstić information content (AvgIpc) is 2.96. The highest BCUT2D eigenvalue weighted by Gasteiger charge is 2.35. The molecule has 1 aliphatic rings. The molecule has 5 heteroatoms. The Morgan fingerprint density at radius 3 is 2.62 bits per heavy atom. The standard InChI is InChI=1S/C21H22N4O/c1-15-8-9-22-11-19(15)21(26)24-13-18(14-24)20-23-10-16(2)25(20)12-17-6-4-3-5-7-17/h3-11,18H,12-14H2,1-2H3. The van der Waals surface area contributed by atoms with Crippen LogP contribution >= 0.6 is 0 Å². The molecular formula is C21H22N4O. The SMILES string of the molecule is Cc1ccncc1C(=O)N1CC(c2ncc(C)n2Cc2ccccc2)C1. The Hall–Kier alpha value is -2.95. The summed E-state index contributed by atoms with van der Waals surface area (Å²) in [6, 6.07) is 12.3. The van der Waals surface area contributed by atoms with E-state index in [9.17, 15) is 4.79 Å². The lowest BCUT2D eigenvalue weighted by atomic mass is 9.97. The Morgan fingerprint density at radius 1 is 1.12 bits per heavy atom. The van der Waals surface area contributed by atoms with Gasteiger partial charge in [0.05, 0.1) is 11.5 Å². The number of benzene rings is 1. The maximum Gasteiger partial charge on any atom is 0.255 e. The van der Waals surface area contributed by atoms with E-state index in [0.29, 0.717) is 18.7 Å². The summed E-state index contributed by atoms with van der Waals surface area (Å²) in [6.07, 6.45) is 5.30. The molecule has 0 aliphatic carbocycles. The van der Waals surface area contributed by atoms with Crippen LogP contribution in [0.1, 0.15) is 38.9 Å². The van der Waals surface area contributed by atoms with Crippen molar-refractivity contribution in [2.24, 2.45) is 0 Å². The first-order valence-electron chi connectivity index (χ1n) is 8.89. The smallest absolute Gasteiger partial charge is 0.255 e. The number of carbonyl (C=O) groups is 1. The number of amides is 1. The minimum atomic E-state index is 0.0599. The Kier molecular flexibility index (Phi) is 4.29. The van der Waals surface area contributed by atoms with Crippen LogP contribution in [-0.2, 0) is 6.54 Å². The Morgan fingerprint density at radius 2 is 1.88 bits per heavy atom. The molecule has 1 aliphatic heterocycles. The van der Waals surface area contributed by atoms with Crippen molar-refractivity contribution in [1.82, 2.24) is 19.4 Å². The van der Waals surface area contributed by atoms with Gasteiger partial charge in [-0.05, 0) is 31.0 Å². The first-order valence-corrected chi connectivity index (χ1v) is 8.89. The molecule has 4 rings (SSSR count). The fourth-order valence-electron chi connectivity index (χ4n) is 3.44. The zero-order chi connectivity index (χ0) is 18.1. The molecule has 0 spiro atoms. The van der Waals surface area contributed by atoms with Gasteiger partial charge in [-0.15, -0.1) is 0 Å². The molecule has 0 atom stereocenters. The number of carbonyl (C=O) groups excluding carboxylic acids is 1. The molecule has 26 heavy (non-hydrogen) atoms. The van der Waals surface area contributed by atoms with E-state index in [1.54, 1.807) is 12.4 Å². The Balaban J connectivity index is 1.48. The molecular weight excluding hydrogens is 324 g/mol. The summed E-state index contributed by atoms with van der Waals surface area (Å²) in [4.78, 5) is 23.3. The van der Waals surface area contributed by atoms with Gasteiger partial charge in [-0.25, -0.2) is 4.98 Å². The summed E-state index contributed by atoms with van der Waals surface area (Å²) >= 11 is 0. The van der Waals surface area contributed by atoms with Crippen molar-refractivity contribution < 1.29 is 4.79 Å². The predicted octanol–water partition coefficient (Wildman–Crippen LogP) is 3.18. The van der Waals surface area contributed by atoms with E-state index in [0.717, 1.165) is 23.6 Å². The molecule has 1 aromatic carbocycles. The molecule has 0 N–H and O–H groups in total. The Bertz CT molecular complexity index is 926. The fraction of sp³-hybridized carbons (Fsp3) is 0.286. The van der Waals surface area contributed by atoms with Crippen molar-refractivity contribution in [3.8, 4) is 0 Å². The second-order valence-corrected chi connectivity index (χ2v) is 6.93. The molecule has 0 radical (unpaired) electrons. The molecule has 0 unspecified atom stereocenters. The van der Waals surface area contributed by atoms with E-state index in [4.69, 9.17) is 0 Å². The normalized spacial score (nSPS) is 14.3. The number of rotatable bonds is 4. The zero-order valence-corrected chi connectivity index (χ0v) is 15.1. The minimum Gasteiger partial charge on any atom is -0.337 e. The highest BCUT2D eigenvalue weighted by atomic mass is 16.2. The first-order chi connectivity index (χ1) is 12.6. The van der Waals surface area contributed by atoms with Crippen LogP contribution in [0.2, 0.25) is 0 Å². The van der Waals surface area contributed by atoms with Gasteiger partial charge in [-0.2, -0.15) is 0 Å². The fourth-order valence-corrected chi connectivity index (χ4v) is 3.44. The van der Waals surface area contributed by atoms with Crippen LogP contribution in [0.3, 0.4) is 0 Å². The van der Waals surface area contributed by atoms with E-state index in [-0.39, 0.29) is 11.8 Å². The van der Waals surface area contributed by atoms with Gasteiger partial charge in [-0.3, -0.25) is 9.78 Å². The number of imidazole rings is 1. The first kappa shape index (κ1) is 16.5. The summed E-state index contributed by atoms with van der Waals surface area (Å²) in [5.74, 6) is 1.41. The molecule has 3 heterocycles. The van der Waals surface area contributed by atoms with Gasteiger partial charge in [0.15, 0.2) is 0 Å². The number of aromatic nitrogens is 3. The summed E-state index contributed by atoms with van der Waals surface area (Å²) < 4.78 is 2.26. The van der Waals surface area contributed by atoms with Crippen molar-refractivity contribution in [2.75, 3.05) is 13.1 Å². The molecule has 1 fully saturated rings. The van der Waals surface area contributed by atoms with E-state index in [1.807, 2.05) is 30.2 Å². The van der Waals surface area contributed by atoms with Gasteiger partial charge in [0.2, 0.25) is 0 Å². The van der Waals surface area contributed by atoms with E-state index in [1.165, 1.54) is 5.56 Å². The van der Waals surface area contributed by atoms with Crippen molar-refractivity contribution in [2.45, 2.75) is 26.3 Å². The summed E-state index contributed by atoms with van der Waals surface area (Å²) in [6.45, 7) is 6.26. The molecule has 132 valence electrons. The van der Waals surface area contributed by atoms with Crippen LogP contribution in [-0.4, -0.2) is 38.4 Å². The molecule has 1 saturated heterocycles. The monoisotopic (exact) mass is 346 g/mol. The lowest BCUT2D eigenvalue weighted by Gasteiger charge is -2.39. The van der Waals surface area contributed by atoms with Crippen LogP contribution in [0.4, 0.5) is 0 Å². The number of hydrogen-bond acceptors (Lipinski definition) is 3. The molecule has 5 nitrogen and oxygen atoms in total. The second kappa shape index (κ2) is 6.75. The molecule has 0 saturated carbocycles. The molecule has 2 aromatic heterocycles. The summed E-state index contributed by atoms with van der Waals surface area (Å²) in [5, 5.41) is 0. The van der Waals surface area contributed by atoms with Crippen LogP contribution in [0, 0.1) is 13.8 Å². The van der Waals surface area contributed by atoms with Gasteiger partial charge in [-0.1, -0.05) is 30.3 Å². The third kappa shape index (κ3) is 3.01. The topological polar surface area (TPSA) is 51.0 Å². The van der Waals surface area contributed by atoms with Gasteiger partial charge >= 0.3 is 0 Å². The lowest BCUT2D eigenvalue weighted by Crippen LogP contribution is -2.49. The highest BCUT2D eigenvalue weighted by molar-refractivity contribution is 5.95. The van der Waals surface area contributed by atoms with Crippen molar-refractivity contribution >= 4 is 5.91 Å². The quantitative estimate of drug-likeness (QED) is 0.729. The average molecular weight is 346 g/mol. The lowest BCUT2D eigenvalue weighted by molar-refractivity contribution is 0.0590. The van der Waals surface area contributed by atoms with Gasteiger partial charge in [0.25, 0.3) is 5.91 Å². The van der Waals surface area contributed by atoms with E-state index >= 15 is 0 Å². The van der Waals surface area contributed by atoms with Crippen molar-refractivity contribution in [1.29, 1.82) is 0 Å². The summed E-state index contributed by atoms with van der Waals surface area (Å²) in [5.41, 5.74) is 4.06. The molecule has 3 aromatic rings. The maximum absolute atomic E-state index is 12.7. The van der Waals surface area contributed by atoms with Crippen LogP contribution in [0.5, 0.6) is 0 Å². The van der Waals surface area contributed by atoms with Gasteiger partial charge in [0, 0.05) is 43.9 Å². The van der Waals surface area contributed by atoms with Crippen LogP contribution in [0.15, 0.2) is 55.0 Å². The second-order valence-electron chi connectivity index (χ2n) is 6.93. The number of nitrogens with zero attached hydrogens (tertiary/aromatic N) is 4. The van der Waals surface area contributed by atoms with Crippen molar-refractivity contribution in [3.05, 3.63) is 83.2 Å². The highest BCUT2D eigenvalue weighted by Crippen LogP contribution is 2.29. The van der Waals surface area contributed by atoms with Crippen molar-refractivity contribution in [3.63, 3.8) is 0 Å². The number of hydrogen-bond donors (Lipinski definition) is 0. The zero-order valence-electron chi connectivity index (χ0n) is 15.1. The van der Waals surface area contributed by atoms with Crippen LogP contribution in [0.25, 0.3) is 0 Å². The summed E-state index contributed by atoms with van der Waals surface area (Å²) in [7, 11) is 0. The van der Waals surface area contributed by atoms with E-state index < -0.39 is 0 Å². The number of pyridine rings is 1. The maximum atomic E-state index is 12.7. The van der Waals surface area contributed by atoms with Gasteiger partial charge < -0.3 is 9.47 Å². The van der Waals surface area contributed by atoms with E-state index in [2.05, 4.69) is 45.7 Å². The third-order valence-electron chi connectivity index (χ3n) is 5.07. The Labute approximate surface area is 153 Å². The third-order valence-corrected chi connectivity index (χ3v) is 5.07. The number of aryl methyl sites for hydroxylation is 2. The predicted molar refractivity (Wildman–Crippen MR) is 100 cm³/mol. The minimum absolute atomic E-state index is 0.0599. The van der Waals surface area contributed by atoms with Gasteiger partial charge in [0.1, 0.15) is 5.82 Å².